The molecular formula is C77H74N2. The van der Waals surface area contributed by atoms with Crippen LogP contribution in [0.5, 0.6) is 0 Å². The Hall–Kier alpha value is -7.94. The molecule has 0 radical (unpaired) electrons. The molecule has 2 heteroatoms. The van der Waals surface area contributed by atoms with Crippen molar-refractivity contribution in [1.29, 1.82) is 0 Å². The van der Waals surface area contributed by atoms with Gasteiger partial charge in [-0.3, -0.25) is 0 Å². The third-order valence-corrected chi connectivity index (χ3v) is 17.8. The van der Waals surface area contributed by atoms with Crippen LogP contribution in [-0.4, -0.2) is 0 Å². The molecule has 79 heavy (non-hydrogen) atoms. The number of rotatable bonds is 6. The molecule has 0 fully saturated rings. The van der Waals surface area contributed by atoms with Crippen LogP contribution in [0.4, 0.5) is 28.4 Å². The van der Waals surface area contributed by atoms with Gasteiger partial charge in [-0.15, -0.1) is 0 Å². The van der Waals surface area contributed by atoms with Crippen molar-refractivity contribution in [3.8, 4) is 22.3 Å². The molecule has 2 nitrogen and oxygen atoms in total. The van der Waals surface area contributed by atoms with Crippen LogP contribution in [0.25, 0.3) is 54.6 Å². The summed E-state index contributed by atoms with van der Waals surface area (Å²) in [6, 6.07) is 75.2. The molecule has 10 aromatic carbocycles. The van der Waals surface area contributed by atoms with E-state index < -0.39 is 5.41 Å². The van der Waals surface area contributed by atoms with Gasteiger partial charge in [0.1, 0.15) is 0 Å². The zero-order valence-electron chi connectivity index (χ0n) is 48.4. The van der Waals surface area contributed by atoms with E-state index in [4.69, 9.17) is 0 Å². The smallest absolute Gasteiger partial charge is 0.0731 e. The second-order valence-electron chi connectivity index (χ2n) is 27.0. The molecule has 0 atom stereocenters. The minimum atomic E-state index is -0.584. The summed E-state index contributed by atoms with van der Waals surface area (Å²) in [5, 5.41) is 7.57. The molecule has 0 N–H and O–H groups in total. The summed E-state index contributed by atoms with van der Waals surface area (Å²) in [6.45, 7) is 27.7. The Balaban J connectivity index is 1.06. The quantitative estimate of drug-likeness (QED) is 0.153. The van der Waals surface area contributed by atoms with Gasteiger partial charge in [0.2, 0.25) is 0 Å². The fourth-order valence-corrected chi connectivity index (χ4v) is 13.6. The summed E-state index contributed by atoms with van der Waals surface area (Å²) in [5.41, 5.74) is 23.0. The van der Waals surface area contributed by atoms with Crippen molar-refractivity contribution >= 4 is 60.8 Å². The maximum absolute atomic E-state index is 2.58. The van der Waals surface area contributed by atoms with Gasteiger partial charge in [-0.2, -0.15) is 0 Å². The van der Waals surface area contributed by atoms with E-state index in [9.17, 15) is 0 Å². The van der Waals surface area contributed by atoms with E-state index in [1.165, 1.54) is 116 Å². The first-order chi connectivity index (χ1) is 37.7. The van der Waals surface area contributed by atoms with E-state index in [1.807, 2.05) is 0 Å². The summed E-state index contributed by atoms with van der Waals surface area (Å²) >= 11 is 0. The molecule has 0 amide bonds. The van der Waals surface area contributed by atoms with Crippen LogP contribution in [0.3, 0.4) is 0 Å². The third-order valence-electron chi connectivity index (χ3n) is 17.8. The van der Waals surface area contributed by atoms with Crippen molar-refractivity contribution in [3.63, 3.8) is 0 Å². The number of nitrogens with zero attached hydrogens (tertiary/aromatic N) is 2. The van der Waals surface area contributed by atoms with Crippen LogP contribution in [0.1, 0.15) is 135 Å². The van der Waals surface area contributed by atoms with Gasteiger partial charge in [0, 0.05) is 34.1 Å². The van der Waals surface area contributed by atoms with Crippen molar-refractivity contribution in [2.75, 3.05) is 9.80 Å². The number of anilines is 5. The van der Waals surface area contributed by atoms with E-state index >= 15 is 0 Å². The number of hydrogen-bond donors (Lipinski definition) is 0. The van der Waals surface area contributed by atoms with Crippen molar-refractivity contribution in [2.24, 2.45) is 5.41 Å². The predicted molar refractivity (Wildman–Crippen MR) is 339 cm³/mol. The van der Waals surface area contributed by atoms with Gasteiger partial charge in [0.25, 0.3) is 0 Å². The van der Waals surface area contributed by atoms with Gasteiger partial charge in [0.05, 0.1) is 5.41 Å². The van der Waals surface area contributed by atoms with E-state index in [-0.39, 0.29) is 21.7 Å². The molecule has 3 aliphatic rings. The summed E-state index contributed by atoms with van der Waals surface area (Å²) in [5.74, 6) is 0. The predicted octanol–water partition coefficient (Wildman–Crippen LogP) is 21.6. The molecule has 0 saturated heterocycles. The Morgan fingerprint density at radius 2 is 0.810 bits per heavy atom. The molecule has 0 saturated carbocycles. The van der Waals surface area contributed by atoms with Gasteiger partial charge in [-0.05, 0) is 207 Å². The van der Waals surface area contributed by atoms with E-state index in [0.717, 1.165) is 29.9 Å². The SMILES string of the molecule is CC(C)(C)C1=CC=C(N(c2ccc(C(C)(C)C)cc2)c2ccc3cc4c(cc3c2)C2(c3ccccc3-c3ccccc32)c2c-4c3ccccc3c3cc(N(c4ccc(C(C)(C)C)cc4)c4ccc(C(C)(C)C)cc4)ccc23)CC1. The molecule has 1 spiro atoms. The minimum Gasteiger partial charge on any atom is -0.314 e. The molecular weight excluding hydrogens is 953 g/mol. The van der Waals surface area contributed by atoms with E-state index in [1.54, 1.807) is 0 Å². The first-order valence-electron chi connectivity index (χ1n) is 28.8. The Morgan fingerprint density at radius 1 is 0.329 bits per heavy atom. The van der Waals surface area contributed by atoms with Gasteiger partial charge in [-0.1, -0.05) is 216 Å². The van der Waals surface area contributed by atoms with Gasteiger partial charge < -0.3 is 9.80 Å². The topological polar surface area (TPSA) is 6.48 Å². The van der Waals surface area contributed by atoms with Crippen LogP contribution in [0.2, 0.25) is 0 Å². The molecule has 3 aliphatic carbocycles. The number of hydrogen-bond acceptors (Lipinski definition) is 2. The summed E-state index contributed by atoms with van der Waals surface area (Å²) in [7, 11) is 0. The monoisotopic (exact) mass is 1030 g/mol. The van der Waals surface area contributed by atoms with Crippen molar-refractivity contribution < 1.29 is 0 Å². The third kappa shape index (κ3) is 8.19. The summed E-state index contributed by atoms with van der Waals surface area (Å²) < 4.78 is 0. The lowest BCUT2D eigenvalue weighted by molar-refractivity contribution is 0.479. The van der Waals surface area contributed by atoms with E-state index in [2.05, 4.69) is 299 Å². The fourth-order valence-electron chi connectivity index (χ4n) is 13.6. The molecule has 0 bridgehead atoms. The molecule has 13 rings (SSSR count). The Kier molecular flexibility index (Phi) is 11.6. The maximum atomic E-state index is 2.58. The molecule has 0 heterocycles. The van der Waals surface area contributed by atoms with Crippen molar-refractivity contribution in [3.05, 3.63) is 256 Å². The normalized spacial score (nSPS) is 14.7. The lowest BCUT2D eigenvalue weighted by Crippen LogP contribution is -2.26. The lowest BCUT2D eigenvalue weighted by Gasteiger charge is -2.33. The molecule has 0 unspecified atom stereocenters. The molecule has 0 aliphatic heterocycles. The second-order valence-corrected chi connectivity index (χ2v) is 27.0. The second kappa shape index (κ2) is 18.0. The number of benzene rings is 10. The molecule has 10 aromatic rings. The van der Waals surface area contributed by atoms with Crippen LogP contribution < -0.4 is 9.80 Å². The Bertz CT molecular complexity index is 4030. The first-order valence-corrected chi connectivity index (χ1v) is 28.8. The van der Waals surface area contributed by atoms with Crippen LogP contribution >= 0.6 is 0 Å². The van der Waals surface area contributed by atoms with Gasteiger partial charge >= 0.3 is 0 Å². The largest absolute Gasteiger partial charge is 0.314 e. The molecule has 0 aromatic heterocycles. The average molecular weight is 1030 g/mol. The van der Waals surface area contributed by atoms with Gasteiger partial charge in [-0.25, -0.2) is 0 Å². The lowest BCUT2D eigenvalue weighted by atomic mass is 9.69. The molecule has 392 valence electrons. The summed E-state index contributed by atoms with van der Waals surface area (Å²) in [6.07, 6.45) is 6.80. The standard InChI is InChI=1S/C77H74N2/c1-73(2,3)51-26-35-55(36-27-51)78(56-37-28-52(29-38-56)74(4,5)6)59-34-25-49-46-67-70(47-50(49)45-59)77(68-23-17-15-20-62(68)63-21-16-18-24-69(63)77)72-65-44-43-60(48-66(65)61-19-13-14-22-64(61)71(67)72)79(57-39-30-53(31-40-57)75(7,8)9)58-41-32-54(33-42-58)76(10,11)12/h13-28,30-37,39-48H,29,38H2,1-12H3. The highest BCUT2D eigenvalue weighted by molar-refractivity contribution is 6.21. The highest BCUT2D eigenvalue weighted by atomic mass is 15.2. The number of allylic oxidation sites excluding steroid dienone is 4. The minimum absolute atomic E-state index is 0.0414. The maximum Gasteiger partial charge on any atom is 0.0731 e. The van der Waals surface area contributed by atoms with Gasteiger partial charge in [0.15, 0.2) is 0 Å². The average Bonchev–Trinajstić information content (AvgIpc) is 3.55. The number of fused-ring (bicyclic) bond motifs is 16. The van der Waals surface area contributed by atoms with Crippen LogP contribution in [-0.2, 0) is 21.7 Å². The van der Waals surface area contributed by atoms with Crippen molar-refractivity contribution in [2.45, 2.75) is 118 Å². The Morgan fingerprint density at radius 3 is 1.33 bits per heavy atom. The highest BCUT2D eigenvalue weighted by Gasteiger charge is 2.53. The van der Waals surface area contributed by atoms with E-state index in [0.29, 0.717) is 0 Å². The van der Waals surface area contributed by atoms with Crippen molar-refractivity contribution in [1.82, 2.24) is 0 Å². The zero-order valence-corrected chi connectivity index (χ0v) is 48.4. The first kappa shape index (κ1) is 50.6. The van der Waals surface area contributed by atoms with Crippen LogP contribution in [0.15, 0.2) is 218 Å². The fraction of sp³-hybridized carbons (Fsp3) is 0.247. The Labute approximate surface area is 469 Å². The van der Waals surface area contributed by atoms with Crippen LogP contribution in [0, 0.1) is 5.41 Å². The zero-order chi connectivity index (χ0) is 55.0. The summed E-state index contributed by atoms with van der Waals surface area (Å²) in [4.78, 5) is 4.99. The highest BCUT2D eigenvalue weighted by Crippen LogP contribution is 2.66.